The van der Waals surface area contributed by atoms with Crippen molar-refractivity contribution in [1.29, 1.82) is 0 Å². The molecule has 1 N–H and O–H groups in total. The average molecular weight is 392 g/mol. The molecule has 2 aliphatic rings. The smallest absolute Gasteiger partial charge is 0.255 e. The molecule has 4 rings (SSSR count). The molecule has 2 aromatic rings. The number of H-pyrrole nitrogens is 1. The van der Waals surface area contributed by atoms with Crippen molar-refractivity contribution in [3.8, 4) is 0 Å². The summed E-state index contributed by atoms with van der Waals surface area (Å²) in [5.41, 5.74) is 2.94. The first-order valence-corrected chi connectivity index (χ1v) is 10.1. The third-order valence-electron chi connectivity index (χ3n) is 5.55. The van der Waals surface area contributed by atoms with Gasteiger partial charge in [-0.2, -0.15) is 0 Å². The SMILES string of the molecule is O=c1[nH]c(C2CCCCC2)nc2c1CN(Cc1ccc(Cl)c(Cl)c1)CC2. The van der Waals surface area contributed by atoms with Crippen molar-refractivity contribution in [3.05, 3.63) is 61.2 Å². The highest BCUT2D eigenvalue weighted by molar-refractivity contribution is 6.42. The van der Waals surface area contributed by atoms with Crippen LogP contribution in [0, 0.1) is 0 Å². The molecule has 1 aromatic heterocycles. The van der Waals surface area contributed by atoms with Crippen LogP contribution in [0.4, 0.5) is 0 Å². The van der Waals surface area contributed by atoms with E-state index in [1.165, 1.54) is 19.3 Å². The molecule has 6 heteroatoms. The van der Waals surface area contributed by atoms with Crippen LogP contribution in [-0.2, 0) is 19.5 Å². The summed E-state index contributed by atoms with van der Waals surface area (Å²) >= 11 is 12.1. The lowest BCUT2D eigenvalue weighted by atomic mass is 9.88. The highest BCUT2D eigenvalue weighted by Gasteiger charge is 2.24. The third kappa shape index (κ3) is 3.83. The van der Waals surface area contributed by atoms with E-state index in [9.17, 15) is 4.79 Å². The van der Waals surface area contributed by atoms with E-state index in [-0.39, 0.29) is 5.56 Å². The van der Waals surface area contributed by atoms with Crippen molar-refractivity contribution in [1.82, 2.24) is 14.9 Å². The predicted octanol–water partition coefficient (Wildman–Crippen LogP) is 4.68. The molecule has 4 nitrogen and oxygen atoms in total. The Hall–Kier alpha value is -1.36. The predicted molar refractivity (Wildman–Crippen MR) is 105 cm³/mol. The van der Waals surface area contributed by atoms with Crippen LogP contribution in [-0.4, -0.2) is 21.4 Å². The highest BCUT2D eigenvalue weighted by Crippen LogP contribution is 2.31. The van der Waals surface area contributed by atoms with Gasteiger partial charge in [-0.15, -0.1) is 0 Å². The number of aromatic nitrogens is 2. The van der Waals surface area contributed by atoms with Gasteiger partial charge in [0.15, 0.2) is 0 Å². The third-order valence-corrected chi connectivity index (χ3v) is 6.29. The fourth-order valence-electron chi connectivity index (χ4n) is 4.10. The van der Waals surface area contributed by atoms with Gasteiger partial charge in [-0.3, -0.25) is 9.69 Å². The lowest BCUT2D eigenvalue weighted by Gasteiger charge is -2.29. The van der Waals surface area contributed by atoms with Crippen molar-refractivity contribution in [2.45, 2.75) is 57.5 Å². The molecule has 0 radical (unpaired) electrons. The van der Waals surface area contributed by atoms with Gasteiger partial charge < -0.3 is 4.98 Å². The monoisotopic (exact) mass is 391 g/mol. The van der Waals surface area contributed by atoms with Gasteiger partial charge in [0.05, 0.1) is 21.3 Å². The Morgan fingerprint density at radius 3 is 2.73 bits per heavy atom. The molecule has 0 unspecified atom stereocenters. The first-order chi connectivity index (χ1) is 12.6. The van der Waals surface area contributed by atoms with Gasteiger partial charge in [0.2, 0.25) is 0 Å². The highest BCUT2D eigenvalue weighted by atomic mass is 35.5. The zero-order valence-electron chi connectivity index (χ0n) is 14.7. The first kappa shape index (κ1) is 18.0. The maximum Gasteiger partial charge on any atom is 0.255 e. The number of aromatic amines is 1. The maximum absolute atomic E-state index is 12.7. The van der Waals surface area contributed by atoms with E-state index in [2.05, 4.69) is 9.88 Å². The summed E-state index contributed by atoms with van der Waals surface area (Å²) in [6.45, 7) is 2.27. The first-order valence-electron chi connectivity index (χ1n) is 9.38. The number of fused-ring (bicyclic) bond motifs is 1. The summed E-state index contributed by atoms with van der Waals surface area (Å²) in [6, 6.07) is 5.70. The molecular weight excluding hydrogens is 369 g/mol. The summed E-state index contributed by atoms with van der Waals surface area (Å²) in [7, 11) is 0. The largest absolute Gasteiger partial charge is 0.310 e. The summed E-state index contributed by atoms with van der Waals surface area (Å²) < 4.78 is 0. The summed E-state index contributed by atoms with van der Waals surface area (Å²) in [4.78, 5) is 22.8. The minimum atomic E-state index is 0.0365. The van der Waals surface area contributed by atoms with Crippen LogP contribution >= 0.6 is 23.2 Å². The number of halogens is 2. The van der Waals surface area contributed by atoms with Crippen molar-refractivity contribution in [2.75, 3.05) is 6.54 Å². The van der Waals surface area contributed by atoms with Gasteiger partial charge in [-0.25, -0.2) is 4.98 Å². The van der Waals surface area contributed by atoms with Crippen molar-refractivity contribution in [2.24, 2.45) is 0 Å². The molecule has 0 bridgehead atoms. The van der Waals surface area contributed by atoms with E-state index in [4.69, 9.17) is 28.2 Å². The molecule has 1 aromatic carbocycles. The molecule has 0 atom stereocenters. The molecule has 138 valence electrons. The number of hydrogen-bond acceptors (Lipinski definition) is 3. The number of nitrogens with zero attached hydrogens (tertiary/aromatic N) is 2. The Morgan fingerprint density at radius 1 is 1.15 bits per heavy atom. The molecule has 0 spiro atoms. The second-order valence-corrected chi connectivity index (χ2v) is 8.23. The van der Waals surface area contributed by atoms with E-state index < -0.39 is 0 Å². The van der Waals surface area contributed by atoms with Crippen LogP contribution in [0.2, 0.25) is 10.0 Å². The zero-order valence-corrected chi connectivity index (χ0v) is 16.2. The van der Waals surface area contributed by atoms with Gasteiger partial charge in [0.1, 0.15) is 5.82 Å². The van der Waals surface area contributed by atoms with Crippen LogP contribution in [0.3, 0.4) is 0 Å². The van der Waals surface area contributed by atoms with Crippen molar-refractivity contribution >= 4 is 23.2 Å². The van der Waals surface area contributed by atoms with Crippen LogP contribution in [0.15, 0.2) is 23.0 Å². The summed E-state index contributed by atoms with van der Waals surface area (Å²) in [6.07, 6.45) is 6.89. The maximum atomic E-state index is 12.7. The molecule has 1 aliphatic heterocycles. The van der Waals surface area contributed by atoms with Crippen LogP contribution in [0.1, 0.15) is 60.7 Å². The Kier molecular flexibility index (Phi) is 5.35. The molecule has 26 heavy (non-hydrogen) atoms. The fourth-order valence-corrected chi connectivity index (χ4v) is 4.42. The fraction of sp³-hybridized carbons (Fsp3) is 0.500. The second-order valence-electron chi connectivity index (χ2n) is 7.42. The Labute approximate surface area is 163 Å². The van der Waals surface area contributed by atoms with E-state index in [1.54, 1.807) is 0 Å². The van der Waals surface area contributed by atoms with Crippen LogP contribution in [0.25, 0.3) is 0 Å². The van der Waals surface area contributed by atoms with E-state index in [0.717, 1.165) is 55.0 Å². The normalized spacial score (nSPS) is 18.7. The Bertz CT molecular complexity index is 859. The lowest BCUT2D eigenvalue weighted by Crippen LogP contribution is -2.36. The molecule has 0 saturated heterocycles. The van der Waals surface area contributed by atoms with Gasteiger partial charge in [-0.1, -0.05) is 48.5 Å². The number of rotatable bonds is 3. The standard InChI is InChI=1S/C20H23Cl2N3O/c21-16-7-6-13(10-17(16)22)11-25-9-8-18-15(12-25)20(26)24-19(23-18)14-4-2-1-3-5-14/h6-7,10,14H,1-5,8-9,11-12H2,(H,23,24,26). The molecular formula is C20H23Cl2N3O. The zero-order chi connectivity index (χ0) is 18.1. The molecule has 1 aliphatic carbocycles. The number of nitrogens with one attached hydrogen (secondary N) is 1. The molecule has 1 saturated carbocycles. The van der Waals surface area contributed by atoms with Gasteiger partial charge in [0.25, 0.3) is 5.56 Å². The van der Waals surface area contributed by atoms with Crippen molar-refractivity contribution in [3.63, 3.8) is 0 Å². The minimum absolute atomic E-state index is 0.0365. The quantitative estimate of drug-likeness (QED) is 0.825. The van der Waals surface area contributed by atoms with Crippen LogP contribution in [0.5, 0.6) is 0 Å². The minimum Gasteiger partial charge on any atom is -0.310 e. The molecule has 2 heterocycles. The summed E-state index contributed by atoms with van der Waals surface area (Å²) in [5.74, 6) is 1.34. The van der Waals surface area contributed by atoms with Crippen molar-refractivity contribution < 1.29 is 0 Å². The molecule has 1 fully saturated rings. The number of hydrogen-bond donors (Lipinski definition) is 1. The summed E-state index contributed by atoms with van der Waals surface area (Å²) in [5, 5.41) is 1.13. The number of benzene rings is 1. The van der Waals surface area contributed by atoms with Crippen LogP contribution < -0.4 is 5.56 Å². The van der Waals surface area contributed by atoms with E-state index >= 15 is 0 Å². The average Bonchev–Trinajstić information content (AvgIpc) is 2.66. The van der Waals surface area contributed by atoms with E-state index in [0.29, 0.717) is 22.5 Å². The molecule has 0 amide bonds. The van der Waals surface area contributed by atoms with Gasteiger partial charge in [-0.05, 0) is 30.5 Å². The Morgan fingerprint density at radius 2 is 1.96 bits per heavy atom. The second kappa shape index (κ2) is 7.71. The van der Waals surface area contributed by atoms with E-state index in [1.807, 2.05) is 18.2 Å². The lowest BCUT2D eigenvalue weighted by molar-refractivity contribution is 0.241. The van der Waals surface area contributed by atoms with Gasteiger partial charge >= 0.3 is 0 Å². The topological polar surface area (TPSA) is 49.0 Å². The Balaban J connectivity index is 1.51. The van der Waals surface area contributed by atoms with Gasteiger partial charge in [0, 0.05) is 32.0 Å².